The summed E-state index contributed by atoms with van der Waals surface area (Å²) in [6, 6.07) is 8.81. The summed E-state index contributed by atoms with van der Waals surface area (Å²) in [5.74, 6) is 0. The van der Waals surface area contributed by atoms with Gasteiger partial charge in [-0.2, -0.15) is 0 Å². The van der Waals surface area contributed by atoms with Crippen molar-refractivity contribution in [1.29, 1.82) is 0 Å². The number of rotatable bonds is 3. The fraction of sp³-hybridized carbons (Fsp3) is 0.316. The second-order valence-corrected chi connectivity index (χ2v) is 8.12. The quantitative estimate of drug-likeness (QED) is 0.598. The van der Waals surface area contributed by atoms with E-state index in [1.165, 1.54) is 26.1 Å². The zero-order valence-corrected chi connectivity index (χ0v) is 15.2. The summed E-state index contributed by atoms with van der Waals surface area (Å²) in [6.45, 7) is 13.1. The summed E-state index contributed by atoms with van der Waals surface area (Å²) in [5, 5.41) is 4.55. The lowest BCUT2D eigenvalue weighted by Gasteiger charge is -2.28. The summed E-state index contributed by atoms with van der Waals surface area (Å²) in [5.41, 5.74) is 3.30. The van der Waals surface area contributed by atoms with Gasteiger partial charge in [-0.1, -0.05) is 12.1 Å². The maximum atomic E-state index is 7.70. The van der Waals surface area contributed by atoms with Crippen LogP contribution < -0.4 is 4.90 Å². The molecule has 0 spiro atoms. The highest BCUT2D eigenvalue weighted by Gasteiger charge is 2.22. The number of morpholine rings is 1. The molecular formula is C19H18N2OS2. The molecule has 0 bridgehead atoms. The fourth-order valence-corrected chi connectivity index (χ4v) is 5.12. The van der Waals surface area contributed by atoms with E-state index in [0.717, 1.165) is 43.4 Å². The van der Waals surface area contributed by atoms with Gasteiger partial charge in [0.25, 0.3) is 0 Å². The molecule has 24 heavy (non-hydrogen) atoms. The first-order valence-corrected chi connectivity index (χ1v) is 9.74. The highest BCUT2D eigenvalue weighted by molar-refractivity contribution is 7.17. The third-order valence-corrected chi connectivity index (χ3v) is 6.57. The molecule has 0 atom stereocenters. The van der Waals surface area contributed by atoms with E-state index in [1.54, 1.807) is 22.7 Å². The van der Waals surface area contributed by atoms with Crippen LogP contribution >= 0.6 is 22.7 Å². The number of fused-ring (bicyclic) bond motifs is 1. The predicted molar refractivity (Wildman–Crippen MR) is 103 cm³/mol. The number of aryl methyl sites for hydroxylation is 1. The highest BCUT2D eigenvalue weighted by Crippen LogP contribution is 2.44. The van der Waals surface area contributed by atoms with Crippen LogP contribution in [-0.2, 0) is 11.2 Å². The van der Waals surface area contributed by atoms with Crippen LogP contribution in [0.4, 0.5) is 10.7 Å². The number of hydrogen-bond donors (Lipinski definition) is 0. The van der Waals surface area contributed by atoms with Crippen molar-refractivity contribution in [3.63, 3.8) is 0 Å². The lowest BCUT2D eigenvalue weighted by Crippen LogP contribution is -2.35. The maximum absolute atomic E-state index is 7.70. The molecule has 3 heterocycles. The highest BCUT2D eigenvalue weighted by atomic mass is 32.1. The topological polar surface area (TPSA) is 16.8 Å². The molecule has 1 fully saturated rings. The van der Waals surface area contributed by atoms with Crippen LogP contribution in [0.1, 0.15) is 16.0 Å². The Balaban J connectivity index is 1.69. The normalized spacial score (nSPS) is 14.9. The first kappa shape index (κ1) is 15.6. The molecule has 3 nitrogen and oxygen atoms in total. The Morgan fingerprint density at radius 3 is 2.88 bits per heavy atom. The minimum Gasteiger partial charge on any atom is -0.378 e. The van der Waals surface area contributed by atoms with Gasteiger partial charge in [-0.15, -0.1) is 22.7 Å². The minimum absolute atomic E-state index is 0.749. The van der Waals surface area contributed by atoms with Gasteiger partial charge in [-0.25, -0.2) is 4.85 Å². The first-order chi connectivity index (χ1) is 11.8. The van der Waals surface area contributed by atoms with E-state index in [1.807, 2.05) is 0 Å². The zero-order valence-electron chi connectivity index (χ0n) is 13.5. The molecule has 0 amide bonds. The molecule has 1 aliphatic rings. The number of thiophene rings is 2. The second kappa shape index (κ2) is 6.56. The number of anilines is 1. The predicted octanol–water partition coefficient (Wildman–Crippen LogP) is 5.25. The van der Waals surface area contributed by atoms with E-state index in [2.05, 4.69) is 46.3 Å². The summed E-state index contributed by atoms with van der Waals surface area (Å²) in [6.07, 6.45) is 0.830. The van der Waals surface area contributed by atoms with Crippen LogP contribution in [0, 0.1) is 13.5 Å². The Morgan fingerprint density at radius 1 is 1.25 bits per heavy atom. The molecule has 0 unspecified atom stereocenters. The summed E-state index contributed by atoms with van der Waals surface area (Å²) in [4.78, 5) is 7.46. The van der Waals surface area contributed by atoms with Crippen LogP contribution in [0.3, 0.4) is 0 Å². The number of ether oxygens (including phenoxy) is 1. The van der Waals surface area contributed by atoms with Crippen molar-refractivity contribution in [2.45, 2.75) is 13.3 Å². The van der Waals surface area contributed by atoms with E-state index in [4.69, 9.17) is 11.3 Å². The van der Waals surface area contributed by atoms with Crippen LogP contribution in [0.2, 0.25) is 0 Å². The Morgan fingerprint density at radius 2 is 2.08 bits per heavy atom. The molecule has 4 rings (SSSR count). The molecule has 1 aliphatic heterocycles. The van der Waals surface area contributed by atoms with Crippen LogP contribution in [0.25, 0.3) is 14.9 Å². The van der Waals surface area contributed by atoms with Crippen molar-refractivity contribution in [3.8, 4) is 0 Å². The van der Waals surface area contributed by atoms with Gasteiger partial charge in [0.05, 0.1) is 24.8 Å². The largest absolute Gasteiger partial charge is 0.378 e. The molecule has 122 valence electrons. The molecular weight excluding hydrogens is 336 g/mol. The molecule has 0 saturated carbocycles. The lowest BCUT2D eigenvalue weighted by atomic mass is 10.0. The summed E-state index contributed by atoms with van der Waals surface area (Å²) < 4.78 is 6.77. The van der Waals surface area contributed by atoms with Gasteiger partial charge in [-0.3, -0.25) is 0 Å². The molecule has 1 aromatic carbocycles. The first-order valence-electron chi connectivity index (χ1n) is 8.05. The number of hydrogen-bond acceptors (Lipinski definition) is 4. The fourth-order valence-electron chi connectivity index (χ4n) is 3.19. The standard InChI is InChI=1S/C19H18N2OS2/c1-13-16(12-14-3-4-17-15(11-14)5-10-23-17)18(20-2)19(24-13)21-6-8-22-9-7-21/h3-5,10-11H,6-9,12H2,1H3. The van der Waals surface area contributed by atoms with Crippen molar-refractivity contribution < 1.29 is 4.74 Å². The monoisotopic (exact) mass is 354 g/mol. The molecule has 0 aliphatic carbocycles. The Bertz CT molecular complexity index is 913. The third kappa shape index (κ3) is 2.82. The van der Waals surface area contributed by atoms with Crippen LogP contribution in [-0.4, -0.2) is 26.3 Å². The molecule has 5 heteroatoms. The number of benzene rings is 1. The SMILES string of the molecule is [C-]#[N+]c1c(N2CCOCC2)sc(C)c1Cc1ccc2sccc2c1. The van der Waals surface area contributed by atoms with Gasteiger partial charge in [0.1, 0.15) is 0 Å². The van der Waals surface area contributed by atoms with Gasteiger partial charge < -0.3 is 9.64 Å². The van der Waals surface area contributed by atoms with Crippen LogP contribution in [0.5, 0.6) is 0 Å². The Labute approximate surface area is 149 Å². The van der Waals surface area contributed by atoms with Gasteiger partial charge in [0.15, 0.2) is 0 Å². The number of nitrogens with zero attached hydrogens (tertiary/aromatic N) is 2. The summed E-state index contributed by atoms with van der Waals surface area (Å²) >= 11 is 3.53. The van der Waals surface area contributed by atoms with Crippen molar-refractivity contribution in [2.75, 3.05) is 31.2 Å². The van der Waals surface area contributed by atoms with Gasteiger partial charge >= 0.3 is 0 Å². The maximum Gasteiger partial charge on any atom is 0.224 e. The Hall–Kier alpha value is -1.87. The van der Waals surface area contributed by atoms with Crippen molar-refractivity contribution in [2.24, 2.45) is 0 Å². The third-order valence-electron chi connectivity index (χ3n) is 4.47. The van der Waals surface area contributed by atoms with Gasteiger partial charge in [0, 0.05) is 17.8 Å². The average Bonchev–Trinajstić information content (AvgIpc) is 3.20. The smallest absolute Gasteiger partial charge is 0.224 e. The Kier molecular flexibility index (Phi) is 4.28. The zero-order chi connectivity index (χ0) is 16.5. The van der Waals surface area contributed by atoms with Crippen molar-refractivity contribution >= 4 is 43.4 Å². The van der Waals surface area contributed by atoms with Crippen molar-refractivity contribution in [3.05, 3.63) is 57.1 Å². The van der Waals surface area contributed by atoms with E-state index in [9.17, 15) is 0 Å². The van der Waals surface area contributed by atoms with E-state index in [-0.39, 0.29) is 0 Å². The summed E-state index contributed by atoms with van der Waals surface area (Å²) in [7, 11) is 0. The molecule has 2 aromatic heterocycles. The molecule has 1 saturated heterocycles. The van der Waals surface area contributed by atoms with Crippen LogP contribution in [0.15, 0.2) is 29.6 Å². The average molecular weight is 355 g/mol. The van der Waals surface area contributed by atoms with E-state index >= 15 is 0 Å². The lowest BCUT2D eigenvalue weighted by molar-refractivity contribution is 0.123. The molecule has 0 N–H and O–H groups in total. The van der Waals surface area contributed by atoms with Gasteiger partial charge in [0.2, 0.25) is 5.69 Å². The molecule has 3 aromatic rings. The van der Waals surface area contributed by atoms with E-state index < -0.39 is 0 Å². The van der Waals surface area contributed by atoms with Gasteiger partial charge in [-0.05, 0) is 52.2 Å². The minimum atomic E-state index is 0.749. The van der Waals surface area contributed by atoms with E-state index in [0.29, 0.717) is 0 Å². The molecule has 0 radical (unpaired) electrons. The van der Waals surface area contributed by atoms with Crippen molar-refractivity contribution in [1.82, 2.24) is 0 Å². The second-order valence-electron chi connectivity index (χ2n) is 5.97.